The van der Waals surface area contributed by atoms with Gasteiger partial charge in [-0.1, -0.05) is 44.2 Å². The van der Waals surface area contributed by atoms with E-state index in [1.807, 2.05) is 30.3 Å². The molecule has 44 heavy (non-hydrogen) atoms. The summed E-state index contributed by atoms with van der Waals surface area (Å²) in [5.74, 6) is -2.95. The van der Waals surface area contributed by atoms with Gasteiger partial charge in [-0.25, -0.2) is 9.78 Å². The van der Waals surface area contributed by atoms with Crippen LogP contribution >= 0.6 is 0 Å². The van der Waals surface area contributed by atoms with E-state index in [1.54, 1.807) is 20.8 Å². The number of hydrogen-bond acceptors (Lipinski definition) is 11. The number of carbonyl (C=O) groups is 4. The predicted molar refractivity (Wildman–Crippen MR) is 156 cm³/mol. The molecule has 0 spiro atoms. The highest BCUT2D eigenvalue weighted by Gasteiger charge is 2.40. The van der Waals surface area contributed by atoms with Crippen molar-refractivity contribution < 1.29 is 47.6 Å². The number of nitrogens with zero attached hydrogens (tertiary/aromatic N) is 1. The third kappa shape index (κ3) is 8.91. The van der Waals surface area contributed by atoms with Gasteiger partial charge in [0, 0.05) is 18.2 Å². The summed E-state index contributed by atoms with van der Waals surface area (Å²) in [7, 11) is 1.38. The monoisotopic (exact) mass is 612 g/mol. The number of esters is 3. The number of carbonyl (C=O) groups excluding carboxylic acids is 4. The van der Waals surface area contributed by atoms with Crippen LogP contribution in [0.4, 0.5) is 0 Å². The fourth-order valence-corrected chi connectivity index (χ4v) is 4.73. The van der Waals surface area contributed by atoms with Gasteiger partial charge >= 0.3 is 17.9 Å². The van der Waals surface area contributed by atoms with Crippen LogP contribution in [-0.2, 0) is 39.8 Å². The number of pyridine rings is 1. The number of ether oxygens (including phenoxy) is 6. The van der Waals surface area contributed by atoms with E-state index in [9.17, 15) is 19.2 Å². The number of aromatic nitrogens is 1. The van der Waals surface area contributed by atoms with Crippen molar-refractivity contribution >= 4 is 23.8 Å². The second-order valence-electron chi connectivity index (χ2n) is 11.2. The quantitative estimate of drug-likeness (QED) is 0.214. The molecule has 1 aromatic carbocycles. The minimum Gasteiger partial charge on any atom is -0.493 e. The summed E-state index contributed by atoms with van der Waals surface area (Å²) < 4.78 is 33.6. The summed E-state index contributed by atoms with van der Waals surface area (Å²) in [6, 6.07) is 10.2. The first-order valence-corrected chi connectivity index (χ1v) is 14.8. The lowest BCUT2D eigenvalue weighted by Gasteiger charge is -2.30. The molecular formula is C32H40N2O10. The Kier molecular flexibility index (Phi) is 11.5. The number of cyclic esters (lactones) is 1. The van der Waals surface area contributed by atoms with Gasteiger partial charge in [0.1, 0.15) is 12.2 Å². The number of rotatable bonds is 12. The average Bonchev–Trinajstić information content (AvgIpc) is 3.86. The minimum atomic E-state index is -1.20. The number of aryl methyl sites for hydroxylation is 1. The normalized spacial score (nSPS) is 22.1. The van der Waals surface area contributed by atoms with Crippen molar-refractivity contribution in [1.29, 1.82) is 0 Å². The van der Waals surface area contributed by atoms with Gasteiger partial charge in [-0.3, -0.25) is 14.4 Å². The van der Waals surface area contributed by atoms with Gasteiger partial charge in [0.05, 0.1) is 32.2 Å². The summed E-state index contributed by atoms with van der Waals surface area (Å²) in [4.78, 5) is 55.3. The largest absolute Gasteiger partial charge is 0.493 e. The number of amides is 1. The third-order valence-corrected chi connectivity index (χ3v) is 7.42. The van der Waals surface area contributed by atoms with Crippen molar-refractivity contribution in [3.8, 4) is 11.5 Å². The maximum atomic E-state index is 13.4. The Balaban J connectivity index is 1.48. The Morgan fingerprint density at radius 1 is 1.09 bits per heavy atom. The Labute approximate surface area is 256 Å². The van der Waals surface area contributed by atoms with Gasteiger partial charge in [-0.15, -0.1) is 0 Å². The first-order chi connectivity index (χ1) is 21.2. The summed E-state index contributed by atoms with van der Waals surface area (Å²) in [6.45, 7) is 4.55. The SMILES string of the molecule is COc1ccnc(C(=O)N[C@H]2COC[C@H](CCc3ccccc3)[C@@H](OC(=O)C3CC3)[C@H](C)OC2=O)c1OCOC(=O)C(C)C. The van der Waals surface area contributed by atoms with Gasteiger partial charge in [0.2, 0.25) is 6.79 Å². The lowest BCUT2D eigenvalue weighted by atomic mass is 9.92. The lowest BCUT2D eigenvalue weighted by Crippen LogP contribution is -2.46. The van der Waals surface area contributed by atoms with E-state index in [0.717, 1.165) is 18.4 Å². The second kappa shape index (κ2) is 15.5. The number of methoxy groups -OCH3 is 1. The molecule has 2 heterocycles. The van der Waals surface area contributed by atoms with Crippen molar-refractivity contribution in [3.05, 3.63) is 53.9 Å². The van der Waals surface area contributed by atoms with Crippen molar-refractivity contribution in [2.45, 2.75) is 64.7 Å². The van der Waals surface area contributed by atoms with E-state index >= 15 is 0 Å². The molecule has 4 rings (SSSR count). The highest BCUT2D eigenvalue weighted by molar-refractivity contribution is 5.98. The molecule has 4 atom stereocenters. The Morgan fingerprint density at radius 2 is 1.84 bits per heavy atom. The Morgan fingerprint density at radius 3 is 2.52 bits per heavy atom. The van der Waals surface area contributed by atoms with Crippen LogP contribution in [0.1, 0.15) is 56.1 Å². The lowest BCUT2D eigenvalue weighted by molar-refractivity contribution is -0.172. The standard InChI is InChI=1S/C32H40N2O10/c1-19(2)30(36)42-18-41-28-25(39-4)14-15-33-26(28)29(35)34-24-17-40-16-23(11-10-21-8-6-5-7-9-21)27(20(3)43-32(24)38)44-31(37)22-12-13-22/h5-9,14-15,19-20,22-24,27H,10-13,16-18H2,1-4H3,(H,34,35)/t20-,23-,24-,27-/m0/s1. The summed E-state index contributed by atoms with van der Waals surface area (Å²) in [5, 5.41) is 2.61. The van der Waals surface area contributed by atoms with Gasteiger partial charge in [0.25, 0.3) is 5.91 Å². The maximum Gasteiger partial charge on any atom is 0.331 e. The van der Waals surface area contributed by atoms with Crippen LogP contribution in [-0.4, -0.2) is 74.2 Å². The highest BCUT2D eigenvalue weighted by atomic mass is 16.7. The summed E-state index contributed by atoms with van der Waals surface area (Å²) >= 11 is 0. The molecule has 238 valence electrons. The summed E-state index contributed by atoms with van der Waals surface area (Å²) in [6.07, 6.45) is 2.73. The zero-order valence-electron chi connectivity index (χ0n) is 25.5. The minimum absolute atomic E-state index is 0.0668. The molecule has 1 N–H and O–H groups in total. The van der Waals surface area contributed by atoms with E-state index in [-0.39, 0.29) is 54.1 Å². The summed E-state index contributed by atoms with van der Waals surface area (Å²) in [5.41, 5.74) is 0.930. The predicted octanol–water partition coefficient (Wildman–Crippen LogP) is 3.26. The fraction of sp³-hybridized carbons (Fsp3) is 0.531. The molecule has 0 unspecified atom stereocenters. The first-order valence-electron chi connectivity index (χ1n) is 14.8. The van der Waals surface area contributed by atoms with Crippen LogP contribution in [0.2, 0.25) is 0 Å². The molecule has 2 fully saturated rings. The smallest absolute Gasteiger partial charge is 0.331 e. The molecule has 1 aromatic heterocycles. The van der Waals surface area contributed by atoms with Crippen LogP contribution in [0, 0.1) is 17.8 Å². The average molecular weight is 613 g/mol. The van der Waals surface area contributed by atoms with Crippen molar-refractivity contribution in [2.75, 3.05) is 27.1 Å². The third-order valence-electron chi connectivity index (χ3n) is 7.42. The van der Waals surface area contributed by atoms with Crippen LogP contribution in [0.5, 0.6) is 11.5 Å². The molecule has 1 saturated heterocycles. The Bertz CT molecular complexity index is 1300. The number of nitrogens with one attached hydrogen (secondary N) is 1. The van der Waals surface area contributed by atoms with Gasteiger partial charge < -0.3 is 33.7 Å². The maximum absolute atomic E-state index is 13.4. The Hall–Kier alpha value is -4.19. The molecule has 1 aliphatic heterocycles. The molecule has 12 heteroatoms. The molecule has 1 saturated carbocycles. The van der Waals surface area contributed by atoms with E-state index in [0.29, 0.717) is 12.8 Å². The molecule has 0 radical (unpaired) electrons. The van der Waals surface area contributed by atoms with Gasteiger partial charge in [0.15, 0.2) is 23.2 Å². The van der Waals surface area contributed by atoms with Crippen LogP contribution < -0.4 is 14.8 Å². The van der Waals surface area contributed by atoms with E-state index in [4.69, 9.17) is 28.4 Å². The van der Waals surface area contributed by atoms with Crippen LogP contribution in [0.25, 0.3) is 0 Å². The van der Waals surface area contributed by atoms with Crippen molar-refractivity contribution in [2.24, 2.45) is 17.8 Å². The zero-order valence-corrected chi connectivity index (χ0v) is 25.5. The second-order valence-corrected chi connectivity index (χ2v) is 11.2. The van der Waals surface area contributed by atoms with E-state index in [2.05, 4.69) is 10.3 Å². The first kappa shape index (κ1) is 32.7. The molecule has 1 amide bonds. The number of benzene rings is 1. The molecule has 2 aliphatic rings. The van der Waals surface area contributed by atoms with E-state index in [1.165, 1.54) is 19.4 Å². The highest BCUT2D eigenvalue weighted by Crippen LogP contribution is 2.33. The molecule has 12 nitrogen and oxygen atoms in total. The van der Waals surface area contributed by atoms with Gasteiger partial charge in [-0.2, -0.15) is 0 Å². The molecule has 0 bridgehead atoms. The van der Waals surface area contributed by atoms with Crippen molar-refractivity contribution in [1.82, 2.24) is 10.3 Å². The fourth-order valence-electron chi connectivity index (χ4n) is 4.73. The van der Waals surface area contributed by atoms with Gasteiger partial charge in [-0.05, 0) is 38.2 Å². The van der Waals surface area contributed by atoms with E-state index < -0.39 is 42.9 Å². The zero-order chi connectivity index (χ0) is 31.6. The molecule has 2 aromatic rings. The topological polar surface area (TPSA) is 149 Å². The number of hydrogen-bond donors (Lipinski definition) is 1. The van der Waals surface area contributed by atoms with Crippen LogP contribution in [0.15, 0.2) is 42.6 Å². The van der Waals surface area contributed by atoms with Crippen molar-refractivity contribution in [3.63, 3.8) is 0 Å². The van der Waals surface area contributed by atoms with Crippen LogP contribution in [0.3, 0.4) is 0 Å². The molecule has 1 aliphatic carbocycles. The molecular weight excluding hydrogens is 572 g/mol.